The maximum absolute atomic E-state index is 11.5. The first-order chi connectivity index (χ1) is 5.88. The van der Waals surface area contributed by atoms with Gasteiger partial charge in [-0.3, -0.25) is 0 Å². The number of hydrogen-bond acceptors (Lipinski definition) is 4. The van der Waals surface area contributed by atoms with Gasteiger partial charge in [0, 0.05) is 0 Å². The van der Waals surface area contributed by atoms with Crippen molar-refractivity contribution in [3.63, 3.8) is 0 Å². The Hall–Kier alpha value is -1.28. The van der Waals surface area contributed by atoms with E-state index in [1.807, 2.05) is 0 Å². The van der Waals surface area contributed by atoms with Crippen molar-refractivity contribution < 1.29 is 32.7 Å². The zero-order valence-corrected chi connectivity index (χ0v) is 6.04. The van der Waals surface area contributed by atoms with Crippen LogP contribution >= 0.6 is 0 Å². The third-order valence-electron chi connectivity index (χ3n) is 1.09. The summed E-state index contributed by atoms with van der Waals surface area (Å²) in [6.07, 6.45) is -4.21. The lowest BCUT2D eigenvalue weighted by Gasteiger charge is -2.14. The van der Waals surface area contributed by atoms with Crippen molar-refractivity contribution in [1.82, 2.24) is 5.23 Å². The maximum Gasteiger partial charge on any atom is 0.541 e. The van der Waals surface area contributed by atoms with Gasteiger partial charge in [0.1, 0.15) is 6.26 Å². The minimum absolute atomic E-state index is 0.0312. The van der Waals surface area contributed by atoms with Crippen LogP contribution in [0.3, 0.4) is 0 Å². The van der Waals surface area contributed by atoms with Gasteiger partial charge < -0.3 is 9.94 Å². The van der Waals surface area contributed by atoms with E-state index in [1.165, 1.54) is 0 Å². The molecule has 0 atom stereocenters. The van der Waals surface area contributed by atoms with E-state index in [-0.39, 0.29) is 10.8 Å². The average Bonchev–Trinajstić information content (AvgIpc) is 2.31. The first-order valence-corrected chi connectivity index (χ1v) is 3.01. The highest BCUT2D eigenvalue weighted by molar-refractivity contribution is 5.86. The molecule has 8 heteroatoms. The third kappa shape index (κ3) is 2.92. The topological polar surface area (TPSA) is 59.0 Å². The Balaban J connectivity index is 2.42. The van der Waals surface area contributed by atoms with Crippen LogP contribution in [0.25, 0.3) is 0 Å². The third-order valence-corrected chi connectivity index (χ3v) is 1.09. The van der Waals surface area contributed by atoms with Crippen LogP contribution in [0.2, 0.25) is 0 Å². The van der Waals surface area contributed by atoms with Crippen molar-refractivity contribution in [2.24, 2.45) is 0 Å². The molecule has 0 spiro atoms. The van der Waals surface area contributed by atoms with E-state index in [4.69, 9.17) is 5.11 Å². The molecule has 13 heavy (non-hydrogen) atoms. The van der Waals surface area contributed by atoms with Crippen molar-refractivity contribution in [2.45, 2.75) is 6.36 Å². The molecular weight excluding hydrogens is 195 g/mol. The molecule has 0 aromatic carbocycles. The lowest BCUT2D eigenvalue weighted by Crippen LogP contribution is -2.29. The molecule has 0 aromatic heterocycles. The number of aliphatic carboxylic acids is 1. The second kappa shape index (κ2) is 3.23. The number of nitrogens with zero attached hydrogens (tertiary/aromatic N) is 1. The molecule has 5 nitrogen and oxygen atoms in total. The quantitative estimate of drug-likeness (QED) is 0.707. The number of rotatable bonds is 2. The van der Waals surface area contributed by atoms with E-state index >= 15 is 0 Å². The van der Waals surface area contributed by atoms with Crippen molar-refractivity contribution >= 4 is 5.97 Å². The molecule has 0 aliphatic carbocycles. The Bertz CT molecular complexity index is 249. The molecule has 0 bridgehead atoms. The molecule has 74 valence electrons. The summed E-state index contributed by atoms with van der Waals surface area (Å²) in [5.41, 5.74) is -0.316. The normalized spacial score (nSPS) is 18.2. The Labute approximate surface area is 69.9 Å². The highest BCUT2D eigenvalue weighted by atomic mass is 19.4. The van der Waals surface area contributed by atoms with Crippen LogP contribution in [-0.4, -0.2) is 29.2 Å². The van der Waals surface area contributed by atoms with Crippen LogP contribution in [0, 0.1) is 0 Å². The zero-order valence-electron chi connectivity index (χ0n) is 6.04. The Morgan fingerprint density at radius 2 is 2.31 bits per heavy atom. The fourth-order valence-corrected chi connectivity index (χ4v) is 0.623. The van der Waals surface area contributed by atoms with Crippen LogP contribution in [0.15, 0.2) is 11.8 Å². The van der Waals surface area contributed by atoms with Gasteiger partial charge in [0.25, 0.3) is 0 Å². The number of carboxylic acids is 1. The summed E-state index contributed by atoms with van der Waals surface area (Å²) >= 11 is 0. The lowest BCUT2D eigenvalue weighted by molar-refractivity contribution is -0.478. The number of alkyl halides is 3. The van der Waals surface area contributed by atoms with Gasteiger partial charge >= 0.3 is 12.3 Å². The molecule has 0 aromatic rings. The Morgan fingerprint density at radius 1 is 1.69 bits per heavy atom. The molecule has 0 amide bonds. The van der Waals surface area contributed by atoms with Gasteiger partial charge in [-0.05, 0) is 5.23 Å². The minimum Gasteiger partial charge on any atom is -0.478 e. The Kier molecular flexibility index (Phi) is 2.43. The predicted molar refractivity (Wildman–Crippen MR) is 30.6 cm³/mol. The van der Waals surface area contributed by atoms with Gasteiger partial charge in [-0.25, -0.2) is 4.79 Å². The highest BCUT2D eigenvalue weighted by Gasteiger charge is 2.37. The van der Waals surface area contributed by atoms with Crippen LogP contribution in [0.1, 0.15) is 0 Å². The summed E-state index contributed by atoms with van der Waals surface area (Å²) < 4.78 is 34.6. The molecule has 1 heterocycles. The zero-order chi connectivity index (χ0) is 10.1. The smallest absolute Gasteiger partial charge is 0.478 e. The van der Waals surface area contributed by atoms with E-state index < -0.39 is 18.9 Å². The second-order valence-electron chi connectivity index (χ2n) is 2.08. The van der Waals surface area contributed by atoms with Crippen molar-refractivity contribution in [3.05, 3.63) is 11.8 Å². The summed E-state index contributed by atoms with van der Waals surface area (Å²) in [4.78, 5) is 17.6. The van der Waals surface area contributed by atoms with E-state index in [2.05, 4.69) is 9.68 Å². The van der Waals surface area contributed by atoms with E-state index in [0.717, 1.165) is 0 Å². The molecule has 0 radical (unpaired) electrons. The molecule has 0 saturated heterocycles. The summed E-state index contributed by atoms with van der Waals surface area (Å²) in [6, 6.07) is 0. The van der Waals surface area contributed by atoms with Crippen molar-refractivity contribution in [3.8, 4) is 0 Å². The summed E-state index contributed by atoms with van der Waals surface area (Å²) in [5.74, 6) is -1.35. The molecule has 1 aliphatic rings. The van der Waals surface area contributed by atoms with E-state index in [1.54, 1.807) is 0 Å². The van der Waals surface area contributed by atoms with Crippen molar-refractivity contribution in [1.29, 1.82) is 0 Å². The first kappa shape index (κ1) is 9.81. The van der Waals surface area contributed by atoms with Gasteiger partial charge in [0.2, 0.25) is 0 Å². The van der Waals surface area contributed by atoms with Gasteiger partial charge in [-0.2, -0.15) is 4.84 Å². The van der Waals surface area contributed by atoms with E-state index in [9.17, 15) is 18.0 Å². The molecule has 1 N–H and O–H groups in total. The molecule has 0 unspecified atom stereocenters. The Morgan fingerprint density at radius 3 is 2.69 bits per heavy atom. The monoisotopic (exact) mass is 199 g/mol. The van der Waals surface area contributed by atoms with Gasteiger partial charge in [-0.1, -0.05) is 0 Å². The van der Waals surface area contributed by atoms with Gasteiger partial charge in [0.05, 0.1) is 12.1 Å². The van der Waals surface area contributed by atoms with Crippen molar-refractivity contribution in [2.75, 3.05) is 6.54 Å². The highest BCUT2D eigenvalue weighted by Crippen LogP contribution is 2.22. The number of carbonyl (C=O) groups is 1. The molecular formula is C5H4F3NO4. The number of carboxylic acid groups (broad SMARTS) is 1. The fraction of sp³-hybridized carbons (Fsp3) is 0.400. The number of hydroxylamine groups is 2. The van der Waals surface area contributed by atoms with Crippen LogP contribution in [0.5, 0.6) is 0 Å². The second-order valence-corrected chi connectivity index (χ2v) is 2.08. The lowest BCUT2D eigenvalue weighted by atomic mass is 10.3. The van der Waals surface area contributed by atoms with Gasteiger partial charge in [-0.15, -0.1) is 13.2 Å². The molecule has 1 aliphatic heterocycles. The summed E-state index contributed by atoms with van der Waals surface area (Å²) in [6.45, 7) is -0.575. The van der Waals surface area contributed by atoms with Gasteiger partial charge in [0.15, 0.2) is 0 Å². The van der Waals surface area contributed by atoms with Crippen LogP contribution in [-0.2, 0) is 14.5 Å². The average molecular weight is 199 g/mol. The maximum atomic E-state index is 11.5. The summed E-state index contributed by atoms with van der Waals surface area (Å²) in [5, 5.41) is 8.35. The molecule has 0 saturated carbocycles. The molecule has 1 rings (SSSR count). The van der Waals surface area contributed by atoms with Crippen LogP contribution in [0.4, 0.5) is 13.2 Å². The fourth-order valence-electron chi connectivity index (χ4n) is 0.623. The van der Waals surface area contributed by atoms with E-state index in [0.29, 0.717) is 6.26 Å². The minimum atomic E-state index is -4.89. The predicted octanol–water partition coefficient (Wildman–Crippen LogP) is 0.654. The number of hydrogen-bond donors (Lipinski definition) is 1. The largest absolute Gasteiger partial charge is 0.541 e. The standard InChI is InChI=1S/C5H4F3NO4/c6-5(7,8)13-9-1-3(2-12-9)4(10)11/h2H,1H2,(H,10,11). The SMILES string of the molecule is O=C(O)C1=CON(OC(F)(F)F)C1. The molecule has 0 fully saturated rings. The summed E-state index contributed by atoms with van der Waals surface area (Å²) in [7, 11) is 0. The van der Waals surface area contributed by atoms with Crippen LogP contribution < -0.4 is 0 Å². The first-order valence-electron chi connectivity index (χ1n) is 3.01. The number of halogens is 3.